The van der Waals surface area contributed by atoms with E-state index in [4.69, 9.17) is 24.9 Å². The Morgan fingerprint density at radius 2 is 1.95 bits per heavy atom. The molecule has 0 aromatic heterocycles. The van der Waals surface area contributed by atoms with E-state index in [1.807, 2.05) is 0 Å². The minimum Gasteiger partial charge on any atom is -0.492 e. The highest BCUT2D eigenvalue weighted by molar-refractivity contribution is 8.13. The molecule has 1 aromatic carbocycles. The first kappa shape index (κ1) is 16.5. The molecule has 0 aliphatic heterocycles. The summed E-state index contributed by atoms with van der Waals surface area (Å²) in [5.41, 5.74) is -0.475. The Hall–Kier alpha value is -1.58. The highest BCUT2D eigenvalue weighted by atomic mass is 35.7. The van der Waals surface area contributed by atoms with Gasteiger partial charge in [0.15, 0.2) is 11.5 Å². The van der Waals surface area contributed by atoms with Gasteiger partial charge < -0.3 is 14.2 Å². The lowest BCUT2D eigenvalue weighted by Crippen LogP contribution is -2.07. The van der Waals surface area contributed by atoms with Gasteiger partial charge in [-0.3, -0.25) is 10.1 Å². The number of benzene rings is 1. The monoisotopic (exact) mass is 325 g/mol. The van der Waals surface area contributed by atoms with Crippen LogP contribution in [0.5, 0.6) is 11.5 Å². The van der Waals surface area contributed by atoms with Crippen LogP contribution in [0.1, 0.15) is 0 Å². The van der Waals surface area contributed by atoms with Crippen molar-refractivity contribution in [3.8, 4) is 11.5 Å². The van der Waals surface area contributed by atoms with Crippen LogP contribution in [0, 0.1) is 10.1 Å². The number of nitrogens with zero attached hydrogens (tertiary/aromatic N) is 1. The van der Waals surface area contributed by atoms with Crippen molar-refractivity contribution in [1.29, 1.82) is 0 Å². The number of halogens is 1. The molecule has 0 amide bonds. The van der Waals surface area contributed by atoms with Crippen LogP contribution in [-0.2, 0) is 13.8 Å². The normalized spacial score (nSPS) is 11.2. The Labute approximate surface area is 119 Å². The van der Waals surface area contributed by atoms with E-state index in [1.54, 1.807) is 0 Å². The molecule has 0 radical (unpaired) electrons. The van der Waals surface area contributed by atoms with Gasteiger partial charge in [-0.15, -0.1) is 0 Å². The molecule has 0 atom stereocenters. The quantitative estimate of drug-likeness (QED) is 0.324. The average molecular weight is 326 g/mol. The van der Waals surface area contributed by atoms with Crippen molar-refractivity contribution < 1.29 is 27.6 Å². The molecule has 0 fully saturated rings. The summed E-state index contributed by atoms with van der Waals surface area (Å²) in [4.78, 5) is 9.53. The van der Waals surface area contributed by atoms with Crippen molar-refractivity contribution in [2.75, 3.05) is 27.4 Å². The third-order valence-electron chi connectivity index (χ3n) is 2.23. The average Bonchev–Trinajstić information content (AvgIpc) is 2.36. The Morgan fingerprint density at radius 3 is 2.40 bits per heavy atom. The molecular formula is C10H12ClNO7S. The van der Waals surface area contributed by atoms with Gasteiger partial charge in [0.2, 0.25) is 0 Å². The lowest BCUT2D eigenvalue weighted by molar-refractivity contribution is -0.385. The zero-order valence-corrected chi connectivity index (χ0v) is 12.2. The molecule has 112 valence electrons. The Balaban J connectivity index is 3.39. The van der Waals surface area contributed by atoms with Crippen LogP contribution in [0.15, 0.2) is 17.0 Å². The molecule has 20 heavy (non-hydrogen) atoms. The molecule has 1 rings (SSSR count). The molecule has 0 aliphatic rings. The second-order valence-corrected chi connectivity index (χ2v) is 6.05. The van der Waals surface area contributed by atoms with E-state index in [2.05, 4.69) is 0 Å². The molecule has 0 spiro atoms. The van der Waals surface area contributed by atoms with Crippen LogP contribution in [0.25, 0.3) is 0 Å². The minimum atomic E-state index is -4.22. The van der Waals surface area contributed by atoms with Crippen LogP contribution in [-0.4, -0.2) is 40.8 Å². The number of nitro groups is 1. The van der Waals surface area contributed by atoms with Gasteiger partial charge in [-0.2, -0.15) is 0 Å². The van der Waals surface area contributed by atoms with Crippen molar-refractivity contribution in [1.82, 2.24) is 0 Å². The largest absolute Gasteiger partial charge is 0.492 e. The topological polar surface area (TPSA) is 105 Å². The summed E-state index contributed by atoms with van der Waals surface area (Å²) in [5, 5.41) is 10.8. The molecule has 1 aromatic rings. The van der Waals surface area contributed by atoms with Crippen LogP contribution < -0.4 is 9.47 Å². The van der Waals surface area contributed by atoms with E-state index >= 15 is 0 Å². The third kappa shape index (κ3) is 3.95. The number of non-ortho nitro benzene ring substituents is 1. The van der Waals surface area contributed by atoms with E-state index in [-0.39, 0.29) is 24.7 Å². The summed E-state index contributed by atoms with van der Waals surface area (Å²) in [6.07, 6.45) is 0. The summed E-state index contributed by atoms with van der Waals surface area (Å²) in [6.45, 7) is 0.282. The minimum absolute atomic E-state index is 0.0653. The fourth-order valence-corrected chi connectivity index (χ4v) is 2.40. The van der Waals surface area contributed by atoms with Gasteiger partial charge in [-0.05, 0) is 0 Å². The zero-order chi connectivity index (χ0) is 15.3. The van der Waals surface area contributed by atoms with Crippen LogP contribution in [0.2, 0.25) is 0 Å². The molecule has 0 saturated heterocycles. The smallest absolute Gasteiger partial charge is 0.274 e. The third-order valence-corrected chi connectivity index (χ3v) is 3.56. The Bertz CT molecular complexity index is 602. The fraction of sp³-hybridized carbons (Fsp3) is 0.400. The lowest BCUT2D eigenvalue weighted by Gasteiger charge is -2.12. The first-order valence-electron chi connectivity index (χ1n) is 5.24. The summed E-state index contributed by atoms with van der Waals surface area (Å²) in [6, 6.07) is 1.87. The fourth-order valence-electron chi connectivity index (χ4n) is 1.39. The van der Waals surface area contributed by atoms with E-state index in [0.717, 1.165) is 12.1 Å². The number of hydrogen-bond acceptors (Lipinski definition) is 7. The van der Waals surface area contributed by atoms with Gasteiger partial charge in [-0.25, -0.2) is 8.42 Å². The molecule has 0 bridgehead atoms. The highest BCUT2D eigenvalue weighted by Gasteiger charge is 2.26. The van der Waals surface area contributed by atoms with E-state index in [0.29, 0.717) is 0 Å². The first-order chi connectivity index (χ1) is 9.31. The maximum atomic E-state index is 11.5. The molecular weight excluding hydrogens is 314 g/mol. The van der Waals surface area contributed by atoms with Crippen LogP contribution in [0.4, 0.5) is 5.69 Å². The van der Waals surface area contributed by atoms with E-state index < -0.39 is 24.6 Å². The molecule has 0 aliphatic carbocycles. The molecule has 0 saturated carbocycles. The van der Waals surface area contributed by atoms with Gasteiger partial charge in [-0.1, -0.05) is 0 Å². The van der Waals surface area contributed by atoms with Crippen molar-refractivity contribution >= 4 is 25.4 Å². The van der Waals surface area contributed by atoms with Gasteiger partial charge in [0.25, 0.3) is 14.7 Å². The molecule has 0 heterocycles. The predicted octanol–water partition coefficient (Wildman–Crippen LogP) is 1.56. The Morgan fingerprint density at radius 1 is 1.30 bits per heavy atom. The standard InChI is InChI=1S/C10H12ClNO7S/c1-17-3-4-19-8-5-7(12(13)14)6-9(10(8)18-2)20(11,15)16/h5-6H,3-4H2,1-2H3. The number of ether oxygens (including phenoxy) is 3. The summed E-state index contributed by atoms with van der Waals surface area (Å²) >= 11 is 0. The van der Waals surface area contributed by atoms with Gasteiger partial charge >= 0.3 is 0 Å². The molecule has 8 nitrogen and oxygen atoms in total. The maximum Gasteiger partial charge on any atom is 0.274 e. The highest BCUT2D eigenvalue weighted by Crippen LogP contribution is 2.39. The molecule has 0 unspecified atom stereocenters. The maximum absolute atomic E-state index is 11.5. The zero-order valence-electron chi connectivity index (χ0n) is 10.7. The molecule has 0 N–H and O–H groups in total. The van der Waals surface area contributed by atoms with Crippen molar-refractivity contribution in [3.63, 3.8) is 0 Å². The summed E-state index contributed by atoms with van der Waals surface area (Å²) in [5.74, 6) is -0.292. The Kier molecular flexibility index (Phi) is 5.54. The van der Waals surface area contributed by atoms with Crippen molar-refractivity contribution in [2.24, 2.45) is 0 Å². The lowest BCUT2D eigenvalue weighted by atomic mass is 10.3. The summed E-state index contributed by atoms with van der Waals surface area (Å²) in [7, 11) is 3.67. The number of hydrogen-bond donors (Lipinski definition) is 0. The molecule has 10 heteroatoms. The van der Waals surface area contributed by atoms with E-state index in [1.165, 1.54) is 14.2 Å². The van der Waals surface area contributed by atoms with Gasteiger partial charge in [0.05, 0.1) is 24.7 Å². The summed E-state index contributed by atoms with van der Waals surface area (Å²) < 4.78 is 37.8. The van der Waals surface area contributed by atoms with E-state index in [9.17, 15) is 18.5 Å². The predicted molar refractivity (Wildman–Crippen MR) is 70.1 cm³/mol. The van der Waals surface area contributed by atoms with Crippen molar-refractivity contribution in [3.05, 3.63) is 22.2 Å². The first-order valence-corrected chi connectivity index (χ1v) is 7.55. The van der Waals surface area contributed by atoms with Crippen molar-refractivity contribution in [2.45, 2.75) is 4.90 Å². The van der Waals surface area contributed by atoms with Crippen LogP contribution >= 0.6 is 10.7 Å². The second kappa shape index (κ2) is 6.73. The van der Waals surface area contributed by atoms with Gasteiger partial charge in [0, 0.05) is 23.9 Å². The second-order valence-electron chi connectivity index (χ2n) is 3.51. The number of nitro benzene ring substituents is 1. The van der Waals surface area contributed by atoms with Crippen LogP contribution in [0.3, 0.4) is 0 Å². The SMILES string of the molecule is COCCOc1cc([N+](=O)[O-])cc(S(=O)(=O)Cl)c1OC. The number of methoxy groups -OCH3 is 2. The number of rotatable bonds is 7. The van der Waals surface area contributed by atoms with Gasteiger partial charge in [0.1, 0.15) is 11.5 Å².